The summed E-state index contributed by atoms with van der Waals surface area (Å²) in [6.07, 6.45) is 0.711. The minimum Gasteiger partial charge on any atom is -0.435 e. The summed E-state index contributed by atoms with van der Waals surface area (Å²) in [5.74, 6) is 1.33. The van der Waals surface area contributed by atoms with Crippen molar-refractivity contribution in [3.05, 3.63) is 41.6 Å². The lowest BCUT2D eigenvalue weighted by Crippen LogP contribution is -2.17. The van der Waals surface area contributed by atoms with Gasteiger partial charge in [-0.05, 0) is 24.7 Å². The topological polar surface area (TPSA) is 51.4 Å². The monoisotopic (exact) mass is 297 g/mol. The largest absolute Gasteiger partial charge is 0.435 e. The molecule has 114 valence electrons. The van der Waals surface area contributed by atoms with Crippen molar-refractivity contribution in [2.75, 3.05) is 7.05 Å². The second kappa shape index (κ2) is 7.12. The standard InChI is InChI=1S/C14H17F2N3O2/c1-3-12-17-18-13(21-12)9-19(2)8-10-4-6-11(7-5-10)20-14(15)16/h4-7,14H,3,8-9H2,1-2H3. The number of aromatic nitrogens is 2. The molecule has 0 atom stereocenters. The van der Waals surface area contributed by atoms with Gasteiger partial charge in [-0.1, -0.05) is 19.1 Å². The Bertz CT molecular complexity index is 558. The zero-order valence-corrected chi connectivity index (χ0v) is 11.9. The summed E-state index contributed by atoms with van der Waals surface area (Å²) >= 11 is 0. The van der Waals surface area contributed by atoms with E-state index in [1.54, 1.807) is 12.1 Å². The van der Waals surface area contributed by atoms with E-state index in [4.69, 9.17) is 4.42 Å². The van der Waals surface area contributed by atoms with Gasteiger partial charge in [0.05, 0.1) is 6.54 Å². The highest BCUT2D eigenvalue weighted by Crippen LogP contribution is 2.16. The van der Waals surface area contributed by atoms with Gasteiger partial charge in [0.25, 0.3) is 0 Å². The first-order valence-corrected chi connectivity index (χ1v) is 6.60. The van der Waals surface area contributed by atoms with Crippen LogP contribution in [-0.4, -0.2) is 28.8 Å². The molecule has 0 aliphatic rings. The number of nitrogens with zero attached hydrogens (tertiary/aromatic N) is 3. The van der Waals surface area contributed by atoms with Crippen LogP contribution in [0.1, 0.15) is 24.3 Å². The summed E-state index contributed by atoms with van der Waals surface area (Å²) in [5.41, 5.74) is 0.981. The van der Waals surface area contributed by atoms with E-state index in [0.717, 1.165) is 5.56 Å². The van der Waals surface area contributed by atoms with Crippen molar-refractivity contribution < 1.29 is 17.9 Å². The van der Waals surface area contributed by atoms with E-state index < -0.39 is 6.61 Å². The molecule has 0 saturated heterocycles. The number of hydrogen-bond acceptors (Lipinski definition) is 5. The van der Waals surface area contributed by atoms with Crippen LogP contribution in [0, 0.1) is 0 Å². The molecule has 2 rings (SSSR count). The Morgan fingerprint density at radius 3 is 2.38 bits per heavy atom. The quantitative estimate of drug-likeness (QED) is 0.786. The number of hydrogen-bond donors (Lipinski definition) is 0. The zero-order valence-electron chi connectivity index (χ0n) is 11.9. The molecule has 0 aliphatic carbocycles. The molecule has 5 nitrogen and oxygen atoms in total. The second-order valence-corrected chi connectivity index (χ2v) is 4.64. The van der Waals surface area contributed by atoms with Gasteiger partial charge in [0.15, 0.2) is 0 Å². The van der Waals surface area contributed by atoms with Crippen LogP contribution in [-0.2, 0) is 19.5 Å². The third-order valence-corrected chi connectivity index (χ3v) is 2.82. The SMILES string of the molecule is CCc1nnc(CN(C)Cc2ccc(OC(F)F)cc2)o1. The van der Waals surface area contributed by atoms with Crippen LogP contribution in [0.3, 0.4) is 0 Å². The van der Waals surface area contributed by atoms with Crippen LogP contribution < -0.4 is 4.74 Å². The minimum atomic E-state index is -2.80. The van der Waals surface area contributed by atoms with Crippen LogP contribution in [0.2, 0.25) is 0 Å². The van der Waals surface area contributed by atoms with Gasteiger partial charge in [0.1, 0.15) is 5.75 Å². The van der Waals surface area contributed by atoms with E-state index in [2.05, 4.69) is 14.9 Å². The van der Waals surface area contributed by atoms with Gasteiger partial charge in [-0.15, -0.1) is 10.2 Å². The summed E-state index contributed by atoms with van der Waals surface area (Å²) in [4.78, 5) is 2.00. The first kappa shape index (κ1) is 15.4. The number of benzene rings is 1. The first-order valence-electron chi connectivity index (χ1n) is 6.60. The Morgan fingerprint density at radius 2 is 1.81 bits per heavy atom. The van der Waals surface area contributed by atoms with E-state index in [0.29, 0.717) is 31.3 Å². The Morgan fingerprint density at radius 1 is 1.14 bits per heavy atom. The molecule has 1 heterocycles. The molecule has 0 saturated carbocycles. The number of aryl methyl sites for hydroxylation is 1. The fourth-order valence-electron chi connectivity index (χ4n) is 1.87. The van der Waals surface area contributed by atoms with E-state index in [1.165, 1.54) is 12.1 Å². The Balaban J connectivity index is 1.88. The van der Waals surface area contributed by atoms with E-state index in [1.807, 2.05) is 18.9 Å². The lowest BCUT2D eigenvalue weighted by molar-refractivity contribution is -0.0498. The smallest absolute Gasteiger partial charge is 0.387 e. The maximum absolute atomic E-state index is 12.1. The minimum absolute atomic E-state index is 0.154. The van der Waals surface area contributed by atoms with Crippen LogP contribution >= 0.6 is 0 Å². The maximum atomic E-state index is 12.1. The average molecular weight is 297 g/mol. The van der Waals surface area contributed by atoms with E-state index >= 15 is 0 Å². The fraction of sp³-hybridized carbons (Fsp3) is 0.429. The number of ether oxygens (including phenoxy) is 1. The van der Waals surface area contributed by atoms with Crippen molar-refractivity contribution in [3.63, 3.8) is 0 Å². The summed E-state index contributed by atoms with van der Waals surface area (Å²) in [5, 5.41) is 7.86. The third-order valence-electron chi connectivity index (χ3n) is 2.82. The van der Waals surface area contributed by atoms with Gasteiger partial charge in [-0.3, -0.25) is 4.90 Å². The molecule has 0 amide bonds. The maximum Gasteiger partial charge on any atom is 0.387 e. The molecule has 7 heteroatoms. The highest BCUT2D eigenvalue weighted by atomic mass is 19.3. The molecule has 0 spiro atoms. The summed E-state index contributed by atoms with van der Waals surface area (Å²) < 4.78 is 33.8. The predicted molar refractivity (Wildman–Crippen MR) is 71.9 cm³/mol. The average Bonchev–Trinajstić information content (AvgIpc) is 2.88. The number of alkyl halides is 2. The van der Waals surface area contributed by atoms with E-state index in [9.17, 15) is 8.78 Å². The Hall–Kier alpha value is -2.02. The molecule has 0 unspecified atom stereocenters. The molecule has 1 aromatic heterocycles. The van der Waals surface area contributed by atoms with Gasteiger partial charge in [-0.25, -0.2) is 0 Å². The van der Waals surface area contributed by atoms with E-state index in [-0.39, 0.29) is 5.75 Å². The van der Waals surface area contributed by atoms with Crippen LogP contribution in [0.25, 0.3) is 0 Å². The normalized spacial score (nSPS) is 11.3. The molecular formula is C14H17F2N3O2. The van der Waals surface area contributed by atoms with Crippen molar-refractivity contribution in [3.8, 4) is 5.75 Å². The lowest BCUT2D eigenvalue weighted by Gasteiger charge is -2.14. The summed E-state index contributed by atoms with van der Waals surface area (Å²) in [6.45, 7) is 0.314. The first-order chi connectivity index (χ1) is 10.1. The highest BCUT2D eigenvalue weighted by Gasteiger charge is 2.09. The molecular weight excluding hydrogens is 280 g/mol. The number of rotatable bonds is 7. The summed E-state index contributed by atoms with van der Waals surface area (Å²) in [6, 6.07) is 6.55. The van der Waals surface area contributed by atoms with Crippen molar-refractivity contribution >= 4 is 0 Å². The van der Waals surface area contributed by atoms with Gasteiger partial charge < -0.3 is 9.15 Å². The molecule has 0 aliphatic heterocycles. The van der Waals surface area contributed by atoms with Gasteiger partial charge in [0, 0.05) is 13.0 Å². The molecule has 0 N–H and O–H groups in total. The predicted octanol–water partition coefficient (Wildman–Crippen LogP) is 2.87. The van der Waals surface area contributed by atoms with Crippen molar-refractivity contribution in [1.82, 2.24) is 15.1 Å². The zero-order chi connectivity index (χ0) is 15.2. The molecule has 0 radical (unpaired) electrons. The van der Waals surface area contributed by atoms with Gasteiger partial charge in [-0.2, -0.15) is 8.78 Å². The molecule has 21 heavy (non-hydrogen) atoms. The van der Waals surface area contributed by atoms with Crippen molar-refractivity contribution in [2.45, 2.75) is 33.0 Å². The fourth-order valence-corrected chi connectivity index (χ4v) is 1.87. The Labute approximate surface area is 121 Å². The third kappa shape index (κ3) is 4.78. The van der Waals surface area contributed by atoms with Gasteiger partial charge >= 0.3 is 6.61 Å². The molecule has 2 aromatic rings. The molecule has 0 bridgehead atoms. The highest BCUT2D eigenvalue weighted by molar-refractivity contribution is 5.27. The van der Waals surface area contributed by atoms with Crippen LogP contribution in [0.15, 0.2) is 28.7 Å². The number of halogens is 2. The lowest BCUT2D eigenvalue weighted by atomic mass is 10.2. The Kier molecular flexibility index (Phi) is 5.21. The van der Waals surface area contributed by atoms with Crippen LogP contribution in [0.5, 0.6) is 5.75 Å². The van der Waals surface area contributed by atoms with Crippen LogP contribution in [0.4, 0.5) is 8.78 Å². The molecule has 1 aromatic carbocycles. The molecule has 0 fully saturated rings. The second-order valence-electron chi connectivity index (χ2n) is 4.64. The van der Waals surface area contributed by atoms with Crippen molar-refractivity contribution in [1.29, 1.82) is 0 Å². The van der Waals surface area contributed by atoms with Gasteiger partial charge in [0.2, 0.25) is 11.8 Å². The summed E-state index contributed by atoms with van der Waals surface area (Å²) in [7, 11) is 1.92. The van der Waals surface area contributed by atoms with Crippen molar-refractivity contribution in [2.24, 2.45) is 0 Å².